The number of oxazole rings is 1. The van der Waals surface area contributed by atoms with Crippen LogP contribution in [0.4, 0.5) is 5.88 Å². The lowest BCUT2D eigenvalue weighted by Gasteiger charge is -2.32. The predicted octanol–water partition coefficient (Wildman–Crippen LogP) is 4.30. The van der Waals surface area contributed by atoms with E-state index in [2.05, 4.69) is 70.4 Å². The maximum atomic E-state index is 6.27. The lowest BCUT2D eigenvalue weighted by Crippen LogP contribution is -2.39. The van der Waals surface area contributed by atoms with Crippen LogP contribution in [0.5, 0.6) is 0 Å². The Balaban J connectivity index is 1.54. The molecule has 1 atom stereocenters. The number of benzene rings is 2. The van der Waals surface area contributed by atoms with Gasteiger partial charge in [-0.25, -0.2) is 4.98 Å². The van der Waals surface area contributed by atoms with E-state index in [-0.39, 0.29) is 6.04 Å². The molecule has 2 aromatic carbocycles. The van der Waals surface area contributed by atoms with Crippen LogP contribution in [0.3, 0.4) is 0 Å². The largest absolute Gasteiger partial charge is 0.423 e. The number of fused-ring (bicyclic) bond motifs is 7. The molecule has 29 heavy (non-hydrogen) atoms. The Hall–Kier alpha value is -2.63. The van der Waals surface area contributed by atoms with Crippen LogP contribution in [0.1, 0.15) is 29.5 Å². The monoisotopic (exact) mass is 389 g/mol. The van der Waals surface area contributed by atoms with Gasteiger partial charge in [0.2, 0.25) is 11.8 Å². The highest BCUT2D eigenvalue weighted by Crippen LogP contribution is 2.31. The van der Waals surface area contributed by atoms with Gasteiger partial charge in [0, 0.05) is 26.7 Å². The van der Waals surface area contributed by atoms with Crippen molar-refractivity contribution < 1.29 is 9.15 Å². The second kappa shape index (κ2) is 8.01. The van der Waals surface area contributed by atoms with Crippen molar-refractivity contribution in [2.24, 2.45) is 0 Å². The molecule has 0 amide bonds. The number of rotatable bonds is 1. The molecule has 0 N–H and O–H groups in total. The van der Waals surface area contributed by atoms with Gasteiger partial charge in [-0.05, 0) is 41.2 Å². The molecular formula is C24H27N3O2. The quantitative estimate of drug-likeness (QED) is 0.621. The zero-order chi connectivity index (χ0) is 19.6. The molecule has 5 nitrogen and oxygen atoms in total. The van der Waals surface area contributed by atoms with Gasteiger partial charge < -0.3 is 14.1 Å². The minimum absolute atomic E-state index is 0.172. The lowest BCUT2D eigenvalue weighted by atomic mass is 9.97. The standard InChI is InChI=1S/C24H27N3O2/c1-26-17-19-5-3-7-21(15-19)20-6-2-4-18(14-20)8-9-22(24-25-16-23(26)29-24)27-10-12-28-13-11-27/h2-7,14-16,22H,8-13,17H2,1H3. The number of morpholine rings is 1. The number of hydrogen-bond acceptors (Lipinski definition) is 5. The molecular weight excluding hydrogens is 362 g/mol. The molecule has 2 aliphatic heterocycles. The first kappa shape index (κ1) is 18.4. The lowest BCUT2D eigenvalue weighted by molar-refractivity contribution is 0.00849. The van der Waals surface area contributed by atoms with Crippen LogP contribution in [-0.2, 0) is 17.7 Å². The molecule has 1 fully saturated rings. The molecule has 5 rings (SSSR count). The van der Waals surface area contributed by atoms with E-state index in [1.807, 2.05) is 6.20 Å². The van der Waals surface area contributed by atoms with Crippen molar-refractivity contribution >= 4 is 5.88 Å². The molecule has 0 aliphatic carbocycles. The zero-order valence-corrected chi connectivity index (χ0v) is 16.9. The van der Waals surface area contributed by atoms with Crippen molar-refractivity contribution in [2.75, 3.05) is 38.3 Å². The number of aromatic nitrogens is 1. The van der Waals surface area contributed by atoms with Gasteiger partial charge >= 0.3 is 0 Å². The smallest absolute Gasteiger partial charge is 0.216 e. The number of ether oxygens (including phenoxy) is 1. The topological polar surface area (TPSA) is 41.7 Å². The predicted molar refractivity (Wildman–Crippen MR) is 114 cm³/mol. The maximum absolute atomic E-state index is 6.27. The van der Waals surface area contributed by atoms with Crippen LogP contribution in [0, 0.1) is 0 Å². The molecule has 0 saturated carbocycles. The summed E-state index contributed by atoms with van der Waals surface area (Å²) in [5.74, 6) is 1.63. The Kier molecular flexibility index (Phi) is 5.08. The van der Waals surface area contributed by atoms with Crippen LogP contribution in [-0.4, -0.2) is 43.2 Å². The Labute approximate surface area is 171 Å². The van der Waals surface area contributed by atoms with Gasteiger partial charge in [-0.2, -0.15) is 0 Å². The summed E-state index contributed by atoms with van der Waals surface area (Å²) in [6.45, 7) is 4.16. The summed E-state index contributed by atoms with van der Waals surface area (Å²) in [5.41, 5.74) is 5.16. The van der Waals surface area contributed by atoms with Gasteiger partial charge in [0.1, 0.15) is 0 Å². The molecule has 3 heterocycles. The van der Waals surface area contributed by atoms with E-state index < -0.39 is 0 Å². The number of nitrogens with zero attached hydrogens (tertiary/aromatic N) is 3. The third-order valence-corrected chi connectivity index (χ3v) is 5.97. The molecule has 0 spiro atoms. The third kappa shape index (κ3) is 3.93. The summed E-state index contributed by atoms with van der Waals surface area (Å²) in [7, 11) is 2.06. The maximum Gasteiger partial charge on any atom is 0.216 e. The second-order valence-corrected chi connectivity index (χ2v) is 8.00. The summed E-state index contributed by atoms with van der Waals surface area (Å²) in [6.07, 6.45) is 3.84. The highest BCUT2D eigenvalue weighted by molar-refractivity contribution is 5.65. The summed E-state index contributed by atoms with van der Waals surface area (Å²) in [6, 6.07) is 17.9. The molecule has 150 valence electrons. The minimum atomic E-state index is 0.172. The first-order chi connectivity index (χ1) is 14.3. The molecule has 2 aliphatic rings. The molecule has 1 aromatic heterocycles. The highest BCUT2D eigenvalue weighted by atomic mass is 16.5. The average Bonchev–Trinajstić information content (AvgIpc) is 3.25. The molecule has 1 unspecified atom stereocenters. The SMILES string of the molecule is CN1Cc2cccc(c2)-c2cccc(c2)CCC(N2CCOCC2)c2ncc1o2. The zero-order valence-electron chi connectivity index (χ0n) is 16.9. The van der Waals surface area contributed by atoms with Crippen molar-refractivity contribution in [3.8, 4) is 11.1 Å². The molecule has 3 aromatic rings. The van der Waals surface area contributed by atoms with Crippen molar-refractivity contribution in [1.29, 1.82) is 0 Å². The van der Waals surface area contributed by atoms with Crippen molar-refractivity contribution in [3.63, 3.8) is 0 Å². The van der Waals surface area contributed by atoms with E-state index in [0.717, 1.165) is 57.5 Å². The average molecular weight is 389 g/mol. The fourth-order valence-electron chi connectivity index (χ4n) is 4.37. The fourth-order valence-corrected chi connectivity index (χ4v) is 4.37. The van der Waals surface area contributed by atoms with E-state index in [0.29, 0.717) is 0 Å². The van der Waals surface area contributed by atoms with Crippen LogP contribution in [0.15, 0.2) is 59.1 Å². The minimum Gasteiger partial charge on any atom is -0.423 e. The molecule has 5 heteroatoms. The molecule has 6 bridgehead atoms. The number of aryl methyl sites for hydroxylation is 1. The van der Waals surface area contributed by atoms with Crippen LogP contribution < -0.4 is 4.90 Å². The Morgan fingerprint density at radius 2 is 1.69 bits per heavy atom. The first-order valence-electron chi connectivity index (χ1n) is 10.4. The van der Waals surface area contributed by atoms with E-state index in [4.69, 9.17) is 9.15 Å². The number of hydrogen-bond donors (Lipinski definition) is 0. The van der Waals surface area contributed by atoms with E-state index in [1.54, 1.807) is 0 Å². The van der Waals surface area contributed by atoms with Crippen LogP contribution in [0.25, 0.3) is 11.1 Å². The van der Waals surface area contributed by atoms with E-state index >= 15 is 0 Å². The Bertz CT molecular complexity index is 978. The summed E-state index contributed by atoms with van der Waals surface area (Å²) >= 11 is 0. The third-order valence-electron chi connectivity index (χ3n) is 5.97. The molecule has 1 saturated heterocycles. The fraction of sp³-hybridized carbons (Fsp3) is 0.375. The van der Waals surface area contributed by atoms with Crippen molar-refractivity contribution in [1.82, 2.24) is 9.88 Å². The second-order valence-electron chi connectivity index (χ2n) is 8.00. The van der Waals surface area contributed by atoms with Crippen LogP contribution >= 0.6 is 0 Å². The summed E-state index contributed by atoms with van der Waals surface area (Å²) in [4.78, 5) is 9.28. The summed E-state index contributed by atoms with van der Waals surface area (Å²) < 4.78 is 11.8. The van der Waals surface area contributed by atoms with Crippen molar-refractivity contribution in [3.05, 3.63) is 71.7 Å². The van der Waals surface area contributed by atoms with Gasteiger partial charge in [-0.15, -0.1) is 0 Å². The van der Waals surface area contributed by atoms with E-state index in [1.165, 1.54) is 22.3 Å². The molecule has 0 radical (unpaired) electrons. The van der Waals surface area contributed by atoms with Gasteiger partial charge in [-0.1, -0.05) is 42.5 Å². The van der Waals surface area contributed by atoms with Crippen LogP contribution in [0.2, 0.25) is 0 Å². The Morgan fingerprint density at radius 3 is 2.48 bits per heavy atom. The summed E-state index contributed by atoms with van der Waals surface area (Å²) in [5, 5.41) is 0. The van der Waals surface area contributed by atoms with Crippen molar-refractivity contribution in [2.45, 2.75) is 25.4 Å². The van der Waals surface area contributed by atoms with Gasteiger partial charge in [0.15, 0.2) is 0 Å². The Morgan fingerprint density at radius 1 is 0.966 bits per heavy atom. The number of anilines is 1. The normalized spacial score (nSPS) is 20.3. The van der Waals surface area contributed by atoms with Gasteiger partial charge in [-0.3, -0.25) is 4.90 Å². The van der Waals surface area contributed by atoms with Gasteiger partial charge in [0.25, 0.3) is 0 Å². The van der Waals surface area contributed by atoms with Gasteiger partial charge in [0.05, 0.1) is 25.5 Å². The first-order valence-corrected chi connectivity index (χ1v) is 10.4. The highest BCUT2D eigenvalue weighted by Gasteiger charge is 2.27. The van der Waals surface area contributed by atoms with E-state index in [9.17, 15) is 0 Å².